The van der Waals surface area contributed by atoms with E-state index >= 15 is 0 Å². The van der Waals surface area contributed by atoms with Crippen molar-refractivity contribution < 1.29 is 0 Å². The second-order valence-electron chi connectivity index (χ2n) is 4.66. The highest BCUT2D eigenvalue weighted by molar-refractivity contribution is 7.99. The molecule has 0 fully saturated rings. The predicted octanol–water partition coefficient (Wildman–Crippen LogP) is 5.24. The monoisotopic (exact) mass is 255 g/mol. The van der Waals surface area contributed by atoms with E-state index in [0.717, 1.165) is 0 Å². The van der Waals surface area contributed by atoms with Gasteiger partial charge in [0.1, 0.15) is 0 Å². The van der Waals surface area contributed by atoms with E-state index in [2.05, 4.69) is 54.7 Å². The third-order valence-electron chi connectivity index (χ3n) is 3.24. The SMILES string of the molecule is CCCCc1ccc2c(c1)Sc1ccccc1N2. The van der Waals surface area contributed by atoms with Crippen LogP contribution in [0.2, 0.25) is 0 Å². The van der Waals surface area contributed by atoms with Crippen LogP contribution in [0.25, 0.3) is 0 Å². The Balaban J connectivity index is 1.89. The molecular weight excluding hydrogens is 238 g/mol. The summed E-state index contributed by atoms with van der Waals surface area (Å²) >= 11 is 1.87. The molecule has 1 aliphatic heterocycles. The number of aryl methyl sites for hydroxylation is 1. The fourth-order valence-electron chi connectivity index (χ4n) is 2.21. The van der Waals surface area contributed by atoms with Crippen LogP contribution in [-0.2, 0) is 6.42 Å². The van der Waals surface area contributed by atoms with Gasteiger partial charge in [-0.25, -0.2) is 0 Å². The van der Waals surface area contributed by atoms with Crippen LogP contribution in [-0.4, -0.2) is 0 Å². The Hall–Kier alpha value is -1.41. The lowest BCUT2D eigenvalue weighted by molar-refractivity contribution is 0.793. The lowest BCUT2D eigenvalue weighted by Gasteiger charge is -2.21. The molecule has 1 N–H and O–H groups in total. The van der Waals surface area contributed by atoms with E-state index in [9.17, 15) is 0 Å². The number of unbranched alkanes of at least 4 members (excludes halogenated alkanes) is 1. The predicted molar refractivity (Wildman–Crippen MR) is 78.9 cm³/mol. The number of rotatable bonds is 3. The van der Waals surface area contributed by atoms with Crippen LogP contribution in [0.1, 0.15) is 25.3 Å². The van der Waals surface area contributed by atoms with Gasteiger partial charge in [0.15, 0.2) is 0 Å². The van der Waals surface area contributed by atoms with Crippen LogP contribution in [0.3, 0.4) is 0 Å². The number of anilines is 2. The van der Waals surface area contributed by atoms with Crippen molar-refractivity contribution in [3.8, 4) is 0 Å². The first-order chi connectivity index (χ1) is 8.86. The lowest BCUT2D eigenvalue weighted by atomic mass is 10.1. The van der Waals surface area contributed by atoms with Crippen molar-refractivity contribution in [2.75, 3.05) is 5.32 Å². The zero-order chi connectivity index (χ0) is 12.4. The van der Waals surface area contributed by atoms with Crippen molar-refractivity contribution in [2.45, 2.75) is 36.0 Å². The fourth-order valence-corrected chi connectivity index (χ4v) is 3.27. The molecule has 1 nitrogen and oxygen atoms in total. The van der Waals surface area contributed by atoms with Gasteiger partial charge < -0.3 is 5.32 Å². The van der Waals surface area contributed by atoms with Crippen LogP contribution >= 0.6 is 11.8 Å². The van der Waals surface area contributed by atoms with Gasteiger partial charge in [0.2, 0.25) is 0 Å². The van der Waals surface area contributed by atoms with Crippen LogP contribution in [0, 0.1) is 0 Å². The molecule has 2 heteroatoms. The Bertz CT molecular complexity index is 563. The Morgan fingerprint density at radius 1 is 1.00 bits per heavy atom. The summed E-state index contributed by atoms with van der Waals surface area (Å²) in [6, 6.07) is 15.3. The van der Waals surface area contributed by atoms with Crippen LogP contribution in [0.4, 0.5) is 11.4 Å². The van der Waals surface area contributed by atoms with Gasteiger partial charge in [-0.15, -0.1) is 0 Å². The topological polar surface area (TPSA) is 12.0 Å². The quantitative estimate of drug-likeness (QED) is 0.687. The first kappa shape index (κ1) is 11.7. The lowest BCUT2D eigenvalue weighted by Crippen LogP contribution is -2.00. The second kappa shape index (κ2) is 5.07. The minimum atomic E-state index is 1.19. The Kier molecular flexibility index (Phi) is 3.28. The van der Waals surface area contributed by atoms with Crippen molar-refractivity contribution in [3.63, 3.8) is 0 Å². The molecule has 0 bridgehead atoms. The van der Waals surface area contributed by atoms with E-state index in [4.69, 9.17) is 0 Å². The van der Waals surface area contributed by atoms with E-state index in [1.54, 1.807) is 0 Å². The van der Waals surface area contributed by atoms with Crippen LogP contribution in [0.15, 0.2) is 52.3 Å². The van der Waals surface area contributed by atoms with Gasteiger partial charge in [-0.2, -0.15) is 0 Å². The first-order valence-corrected chi connectivity index (χ1v) is 7.35. The summed E-state index contributed by atoms with van der Waals surface area (Å²) < 4.78 is 0. The molecule has 0 saturated heterocycles. The maximum Gasteiger partial charge on any atom is 0.0526 e. The molecule has 2 aromatic carbocycles. The molecule has 1 heterocycles. The number of hydrogen-bond acceptors (Lipinski definition) is 2. The van der Waals surface area contributed by atoms with Gasteiger partial charge in [-0.3, -0.25) is 0 Å². The van der Waals surface area contributed by atoms with E-state index < -0.39 is 0 Å². The first-order valence-electron chi connectivity index (χ1n) is 6.53. The van der Waals surface area contributed by atoms with E-state index in [1.165, 1.54) is 46.0 Å². The molecule has 18 heavy (non-hydrogen) atoms. The normalized spacial score (nSPS) is 12.5. The molecule has 0 saturated carbocycles. The van der Waals surface area contributed by atoms with Crippen molar-refractivity contribution in [3.05, 3.63) is 48.0 Å². The van der Waals surface area contributed by atoms with E-state index in [1.807, 2.05) is 11.8 Å². The van der Waals surface area contributed by atoms with Crippen molar-refractivity contribution in [2.24, 2.45) is 0 Å². The Morgan fingerprint density at radius 2 is 1.83 bits per heavy atom. The summed E-state index contributed by atoms with van der Waals surface area (Å²) in [6.07, 6.45) is 3.71. The maximum atomic E-state index is 3.50. The molecule has 0 unspecified atom stereocenters. The third-order valence-corrected chi connectivity index (χ3v) is 4.37. The summed E-state index contributed by atoms with van der Waals surface area (Å²) in [4.78, 5) is 2.67. The smallest absolute Gasteiger partial charge is 0.0526 e. The maximum absolute atomic E-state index is 3.50. The summed E-state index contributed by atoms with van der Waals surface area (Å²) in [5.74, 6) is 0. The highest BCUT2D eigenvalue weighted by atomic mass is 32.2. The van der Waals surface area contributed by atoms with Gasteiger partial charge >= 0.3 is 0 Å². The molecule has 0 spiro atoms. The van der Waals surface area contributed by atoms with Crippen molar-refractivity contribution >= 4 is 23.1 Å². The minimum Gasteiger partial charge on any atom is -0.354 e. The second-order valence-corrected chi connectivity index (χ2v) is 5.74. The number of fused-ring (bicyclic) bond motifs is 2. The zero-order valence-electron chi connectivity index (χ0n) is 10.6. The average molecular weight is 255 g/mol. The summed E-state index contributed by atoms with van der Waals surface area (Å²) in [7, 11) is 0. The van der Waals surface area contributed by atoms with Crippen molar-refractivity contribution in [1.29, 1.82) is 0 Å². The Labute approximate surface area is 113 Å². The van der Waals surface area contributed by atoms with Crippen LogP contribution in [0.5, 0.6) is 0 Å². The highest BCUT2D eigenvalue weighted by Gasteiger charge is 2.14. The largest absolute Gasteiger partial charge is 0.354 e. The molecule has 0 aliphatic carbocycles. The highest BCUT2D eigenvalue weighted by Crippen LogP contribution is 2.44. The molecule has 3 rings (SSSR count). The Morgan fingerprint density at radius 3 is 2.72 bits per heavy atom. The molecule has 0 atom stereocenters. The number of benzene rings is 2. The summed E-state index contributed by atoms with van der Waals surface area (Å²) in [5.41, 5.74) is 3.90. The summed E-state index contributed by atoms with van der Waals surface area (Å²) in [6.45, 7) is 2.24. The molecular formula is C16H17NS. The van der Waals surface area contributed by atoms with Gasteiger partial charge in [0.25, 0.3) is 0 Å². The molecule has 0 radical (unpaired) electrons. The fraction of sp³-hybridized carbons (Fsp3) is 0.250. The standard InChI is InChI=1S/C16H17NS/c1-2-3-6-12-9-10-14-16(11-12)18-15-8-5-4-7-13(15)17-14/h4-5,7-11,17H,2-3,6H2,1H3. The third kappa shape index (κ3) is 2.25. The summed E-state index contributed by atoms with van der Waals surface area (Å²) in [5, 5.41) is 3.50. The number of hydrogen-bond donors (Lipinski definition) is 1. The average Bonchev–Trinajstić information content (AvgIpc) is 2.42. The van der Waals surface area contributed by atoms with E-state index in [-0.39, 0.29) is 0 Å². The van der Waals surface area contributed by atoms with Gasteiger partial charge in [0, 0.05) is 9.79 Å². The molecule has 2 aromatic rings. The molecule has 0 amide bonds. The van der Waals surface area contributed by atoms with E-state index in [0.29, 0.717) is 0 Å². The van der Waals surface area contributed by atoms with Gasteiger partial charge in [-0.05, 0) is 42.7 Å². The number of nitrogens with one attached hydrogen (secondary N) is 1. The molecule has 1 aliphatic rings. The van der Waals surface area contributed by atoms with Gasteiger partial charge in [-0.1, -0.05) is 43.3 Å². The van der Waals surface area contributed by atoms with Gasteiger partial charge in [0.05, 0.1) is 11.4 Å². The van der Waals surface area contributed by atoms with Crippen molar-refractivity contribution in [1.82, 2.24) is 0 Å². The minimum absolute atomic E-state index is 1.19. The number of para-hydroxylation sites is 1. The zero-order valence-corrected chi connectivity index (χ0v) is 11.4. The van der Waals surface area contributed by atoms with Crippen LogP contribution < -0.4 is 5.32 Å². The molecule has 92 valence electrons. The molecule has 0 aromatic heterocycles.